The molecule has 2 aromatic carbocycles. The third-order valence-corrected chi connectivity index (χ3v) is 4.79. The summed E-state index contributed by atoms with van der Waals surface area (Å²) in [6, 6.07) is 9.39. The number of non-ortho nitro benzene ring substituents is 1. The van der Waals surface area contributed by atoms with Crippen LogP contribution in [0.5, 0.6) is 0 Å². The Balaban J connectivity index is 1.86. The normalized spacial score (nSPS) is 10.7. The average molecular weight is 372 g/mol. The predicted molar refractivity (Wildman–Crippen MR) is 95.3 cm³/mol. The molecule has 0 aliphatic heterocycles. The molecule has 0 aliphatic carbocycles. The minimum Gasteiger partial charge on any atom is -0.346 e. The van der Waals surface area contributed by atoms with Crippen molar-refractivity contribution in [3.05, 3.63) is 72.8 Å². The lowest BCUT2D eigenvalue weighted by Crippen LogP contribution is -2.24. The summed E-state index contributed by atoms with van der Waals surface area (Å²) in [6.07, 6.45) is 0. The zero-order valence-corrected chi connectivity index (χ0v) is 14.3. The molecule has 1 aromatic heterocycles. The summed E-state index contributed by atoms with van der Waals surface area (Å²) < 4.78 is 0.971. The molecule has 3 rings (SSSR count). The van der Waals surface area contributed by atoms with Gasteiger partial charge in [0.05, 0.1) is 38.2 Å². The van der Waals surface area contributed by atoms with Gasteiger partial charge in [0.25, 0.3) is 17.3 Å². The van der Waals surface area contributed by atoms with Gasteiger partial charge in [0.1, 0.15) is 5.01 Å². The summed E-state index contributed by atoms with van der Waals surface area (Å²) >= 11 is 1.41. The lowest BCUT2D eigenvalue weighted by Gasteiger charge is -2.07. The molecule has 0 saturated heterocycles. The molecule has 0 atom stereocenters. The molecule has 0 radical (unpaired) electrons. The number of nitrogens with zero attached hydrogens (tertiary/aromatic N) is 3. The van der Waals surface area contributed by atoms with Crippen molar-refractivity contribution in [1.82, 2.24) is 10.3 Å². The van der Waals surface area contributed by atoms with Gasteiger partial charge in [-0.05, 0) is 19.1 Å². The van der Waals surface area contributed by atoms with Gasteiger partial charge < -0.3 is 5.32 Å². The Morgan fingerprint density at radius 2 is 1.92 bits per heavy atom. The van der Waals surface area contributed by atoms with E-state index in [1.54, 1.807) is 0 Å². The summed E-state index contributed by atoms with van der Waals surface area (Å²) in [6.45, 7) is 1.50. The molecule has 0 unspecified atom stereocenters. The van der Waals surface area contributed by atoms with Gasteiger partial charge in [0.15, 0.2) is 0 Å². The summed E-state index contributed by atoms with van der Waals surface area (Å²) in [5.74, 6) is -0.631. The minimum atomic E-state index is -0.767. The molecule has 0 saturated carbocycles. The first-order valence-corrected chi connectivity index (χ1v) is 8.24. The first-order chi connectivity index (χ1) is 12.4. The topological polar surface area (TPSA) is 128 Å². The standard InChI is InChI=1S/C16H12N4O5S/c1-9-11(6-10(19(22)23)7-13(9)20(24)25)16(21)17-8-15-18-12-4-2-3-5-14(12)26-15/h2-7H,8H2,1H3,(H,17,21). The van der Waals surface area contributed by atoms with Crippen LogP contribution in [0.15, 0.2) is 36.4 Å². The van der Waals surface area contributed by atoms with Crippen LogP contribution in [-0.2, 0) is 6.54 Å². The maximum absolute atomic E-state index is 12.4. The van der Waals surface area contributed by atoms with E-state index in [1.165, 1.54) is 18.3 Å². The van der Waals surface area contributed by atoms with E-state index in [0.29, 0.717) is 5.01 Å². The van der Waals surface area contributed by atoms with Crippen molar-refractivity contribution in [2.45, 2.75) is 13.5 Å². The second-order valence-corrected chi connectivity index (χ2v) is 6.52. The average Bonchev–Trinajstić information content (AvgIpc) is 3.02. The number of fused-ring (bicyclic) bond motifs is 1. The maximum atomic E-state index is 12.4. The molecule has 0 spiro atoms. The fraction of sp³-hybridized carbons (Fsp3) is 0.125. The van der Waals surface area contributed by atoms with Crippen LogP contribution in [0, 0.1) is 27.2 Å². The number of rotatable bonds is 5. The number of benzene rings is 2. The predicted octanol–water partition coefficient (Wildman–Crippen LogP) is 3.35. The lowest BCUT2D eigenvalue weighted by atomic mass is 10.0. The molecule has 3 aromatic rings. The molecule has 0 aliphatic rings. The van der Waals surface area contributed by atoms with Gasteiger partial charge in [-0.25, -0.2) is 4.98 Å². The number of nitro benzene ring substituents is 2. The van der Waals surface area contributed by atoms with Crippen molar-refractivity contribution in [3.63, 3.8) is 0 Å². The molecule has 0 fully saturated rings. The van der Waals surface area contributed by atoms with Crippen LogP contribution in [0.3, 0.4) is 0 Å². The number of para-hydroxylation sites is 1. The number of thiazole rings is 1. The number of aromatic nitrogens is 1. The van der Waals surface area contributed by atoms with E-state index in [9.17, 15) is 25.0 Å². The minimum absolute atomic E-state index is 0.0717. The fourth-order valence-corrected chi connectivity index (χ4v) is 3.37. The van der Waals surface area contributed by atoms with Crippen LogP contribution in [0.4, 0.5) is 11.4 Å². The Kier molecular flexibility index (Phi) is 4.59. The Labute approximate surface area is 150 Å². The summed E-state index contributed by atoms with van der Waals surface area (Å²) in [5.41, 5.74) is -0.199. The highest BCUT2D eigenvalue weighted by Gasteiger charge is 2.24. The van der Waals surface area contributed by atoms with Crippen LogP contribution < -0.4 is 5.32 Å². The van der Waals surface area contributed by atoms with Gasteiger partial charge in [-0.15, -0.1) is 11.3 Å². The molecule has 9 nitrogen and oxygen atoms in total. The van der Waals surface area contributed by atoms with E-state index >= 15 is 0 Å². The third kappa shape index (κ3) is 3.35. The van der Waals surface area contributed by atoms with Crippen LogP contribution >= 0.6 is 11.3 Å². The van der Waals surface area contributed by atoms with Gasteiger partial charge in [-0.2, -0.15) is 0 Å². The molecular formula is C16H12N4O5S. The molecule has 10 heteroatoms. The zero-order chi connectivity index (χ0) is 18.8. The van der Waals surface area contributed by atoms with E-state index in [-0.39, 0.29) is 17.7 Å². The van der Waals surface area contributed by atoms with Crippen molar-refractivity contribution < 1.29 is 14.6 Å². The molecule has 1 amide bonds. The number of amides is 1. The van der Waals surface area contributed by atoms with E-state index in [4.69, 9.17) is 0 Å². The van der Waals surface area contributed by atoms with E-state index in [1.807, 2.05) is 24.3 Å². The van der Waals surface area contributed by atoms with Gasteiger partial charge in [-0.3, -0.25) is 25.0 Å². The van der Waals surface area contributed by atoms with E-state index in [0.717, 1.165) is 22.3 Å². The first kappa shape index (κ1) is 17.4. The molecular weight excluding hydrogens is 360 g/mol. The van der Waals surface area contributed by atoms with Gasteiger partial charge in [-0.1, -0.05) is 12.1 Å². The monoisotopic (exact) mass is 372 g/mol. The lowest BCUT2D eigenvalue weighted by molar-refractivity contribution is -0.394. The molecule has 0 bridgehead atoms. The van der Waals surface area contributed by atoms with E-state index < -0.39 is 27.1 Å². The van der Waals surface area contributed by atoms with Crippen molar-refractivity contribution in [3.8, 4) is 0 Å². The smallest absolute Gasteiger partial charge is 0.279 e. The van der Waals surface area contributed by atoms with Gasteiger partial charge in [0.2, 0.25) is 0 Å². The second-order valence-electron chi connectivity index (χ2n) is 5.41. The van der Waals surface area contributed by atoms with Crippen molar-refractivity contribution in [2.75, 3.05) is 0 Å². The summed E-state index contributed by atoms with van der Waals surface area (Å²) in [4.78, 5) is 37.4. The number of hydrogen-bond donors (Lipinski definition) is 1. The number of nitrogens with one attached hydrogen (secondary N) is 1. The van der Waals surface area contributed by atoms with Gasteiger partial charge >= 0.3 is 0 Å². The van der Waals surface area contributed by atoms with Crippen LogP contribution in [0.1, 0.15) is 20.9 Å². The highest BCUT2D eigenvalue weighted by atomic mass is 32.1. The molecule has 1 heterocycles. The van der Waals surface area contributed by atoms with Crippen molar-refractivity contribution in [2.24, 2.45) is 0 Å². The Hall–Kier alpha value is -3.40. The van der Waals surface area contributed by atoms with Crippen LogP contribution in [-0.4, -0.2) is 20.7 Å². The summed E-state index contributed by atoms with van der Waals surface area (Å²) in [7, 11) is 0. The van der Waals surface area contributed by atoms with Gasteiger partial charge in [0, 0.05) is 11.6 Å². The second kappa shape index (κ2) is 6.84. The highest BCUT2D eigenvalue weighted by Crippen LogP contribution is 2.28. The SMILES string of the molecule is Cc1c(C(=O)NCc2nc3ccccc3s2)cc([N+](=O)[O-])cc1[N+](=O)[O-]. The first-order valence-electron chi connectivity index (χ1n) is 7.43. The largest absolute Gasteiger partial charge is 0.346 e. The zero-order valence-electron chi connectivity index (χ0n) is 13.5. The number of carbonyl (C=O) groups excluding carboxylic acids is 1. The quantitative estimate of drug-likeness (QED) is 0.540. The van der Waals surface area contributed by atoms with Crippen LogP contribution in [0.2, 0.25) is 0 Å². The maximum Gasteiger partial charge on any atom is 0.279 e. The summed E-state index contributed by atoms with van der Waals surface area (Å²) in [5, 5.41) is 25.4. The van der Waals surface area contributed by atoms with Crippen molar-refractivity contribution >= 4 is 38.8 Å². The van der Waals surface area contributed by atoms with Crippen molar-refractivity contribution in [1.29, 1.82) is 0 Å². The highest BCUT2D eigenvalue weighted by molar-refractivity contribution is 7.18. The number of carbonyl (C=O) groups is 1. The Bertz CT molecular complexity index is 1010. The number of hydrogen-bond acceptors (Lipinski definition) is 7. The Morgan fingerprint density at radius 3 is 2.58 bits per heavy atom. The fourth-order valence-electron chi connectivity index (χ4n) is 2.46. The molecule has 132 valence electrons. The molecule has 1 N–H and O–H groups in total. The molecule has 26 heavy (non-hydrogen) atoms. The van der Waals surface area contributed by atoms with Crippen LogP contribution in [0.25, 0.3) is 10.2 Å². The third-order valence-electron chi connectivity index (χ3n) is 3.76. The number of nitro groups is 2. The van der Waals surface area contributed by atoms with E-state index in [2.05, 4.69) is 10.3 Å². The Morgan fingerprint density at radius 1 is 1.19 bits per heavy atom.